The zero-order chi connectivity index (χ0) is 14.4. The van der Waals surface area contributed by atoms with E-state index in [9.17, 15) is 5.11 Å². The molecule has 1 aromatic carbocycles. The van der Waals surface area contributed by atoms with Gasteiger partial charge in [0.25, 0.3) is 0 Å². The predicted octanol–water partition coefficient (Wildman–Crippen LogP) is 3.93. The Hall–Kier alpha value is -1.12. The average molecular weight is 273 g/mol. The SMILES string of the molecule is CC(C)c1ccc(C(O)CNCCC2=CCCC2)cc1. The highest BCUT2D eigenvalue weighted by Gasteiger charge is 2.08. The van der Waals surface area contributed by atoms with Gasteiger partial charge in [-0.1, -0.05) is 49.8 Å². The molecule has 0 amide bonds. The maximum absolute atomic E-state index is 10.2. The molecule has 110 valence electrons. The van der Waals surface area contributed by atoms with Gasteiger partial charge in [-0.3, -0.25) is 0 Å². The molecule has 20 heavy (non-hydrogen) atoms. The van der Waals surface area contributed by atoms with Crippen molar-refractivity contribution in [2.24, 2.45) is 0 Å². The predicted molar refractivity (Wildman–Crippen MR) is 84.9 cm³/mol. The van der Waals surface area contributed by atoms with Crippen LogP contribution in [0.4, 0.5) is 0 Å². The van der Waals surface area contributed by atoms with E-state index in [0.29, 0.717) is 12.5 Å². The van der Waals surface area contributed by atoms with Gasteiger partial charge in [0.1, 0.15) is 0 Å². The van der Waals surface area contributed by atoms with E-state index >= 15 is 0 Å². The van der Waals surface area contributed by atoms with Crippen molar-refractivity contribution in [2.45, 2.75) is 51.6 Å². The summed E-state index contributed by atoms with van der Waals surface area (Å²) < 4.78 is 0. The molecular formula is C18H27NO. The van der Waals surface area contributed by atoms with E-state index < -0.39 is 6.10 Å². The molecule has 0 saturated heterocycles. The minimum absolute atomic E-state index is 0.409. The van der Waals surface area contributed by atoms with Crippen molar-refractivity contribution in [1.82, 2.24) is 5.32 Å². The van der Waals surface area contributed by atoms with Crippen molar-refractivity contribution in [3.8, 4) is 0 Å². The first-order chi connectivity index (χ1) is 9.66. The normalized spacial score (nSPS) is 16.5. The van der Waals surface area contributed by atoms with E-state index in [1.807, 2.05) is 12.1 Å². The second kappa shape index (κ2) is 7.61. The van der Waals surface area contributed by atoms with E-state index in [0.717, 1.165) is 18.5 Å². The van der Waals surface area contributed by atoms with Crippen LogP contribution in [0.5, 0.6) is 0 Å². The molecule has 2 rings (SSSR count). The van der Waals surface area contributed by atoms with Crippen LogP contribution in [0.25, 0.3) is 0 Å². The highest BCUT2D eigenvalue weighted by molar-refractivity contribution is 5.26. The second-order valence-electron chi connectivity index (χ2n) is 6.05. The third-order valence-electron chi connectivity index (χ3n) is 4.08. The summed E-state index contributed by atoms with van der Waals surface area (Å²) in [5, 5.41) is 13.5. The highest BCUT2D eigenvalue weighted by Crippen LogP contribution is 2.20. The molecular weight excluding hydrogens is 246 g/mol. The van der Waals surface area contributed by atoms with Crippen molar-refractivity contribution in [1.29, 1.82) is 0 Å². The van der Waals surface area contributed by atoms with E-state index in [-0.39, 0.29) is 0 Å². The summed E-state index contributed by atoms with van der Waals surface area (Å²) >= 11 is 0. The van der Waals surface area contributed by atoms with Gasteiger partial charge in [-0.15, -0.1) is 0 Å². The van der Waals surface area contributed by atoms with Gasteiger partial charge in [0, 0.05) is 6.54 Å². The number of rotatable bonds is 7. The first kappa shape index (κ1) is 15.3. The summed E-state index contributed by atoms with van der Waals surface area (Å²) in [5.41, 5.74) is 3.90. The molecule has 0 aromatic heterocycles. The first-order valence-electron chi connectivity index (χ1n) is 7.83. The monoisotopic (exact) mass is 273 g/mol. The van der Waals surface area contributed by atoms with Crippen LogP contribution in [0.15, 0.2) is 35.9 Å². The van der Waals surface area contributed by atoms with Crippen molar-refractivity contribution in [3.63, 3.8) is 0 Å². The van der Waals surface area contributed by atoms with Gasteiger partial charge in [-0.05, 0) is 49.3 Å². The highest BCUT2D eigenvalue weighted by atomic mass is 16.3. The molecule has 1 atom stereocenters. The molecule has 0 heterocycles. The van der Waals surface area contributed by atoms with Crippen LogP contribution >= 0.6 is 0 Å². The summed E-state index contributed by atoms with van der Waals surface area (Å²) in [5.74, 6) is 0.541. The molecule has 0 fully saturated rings. The Morgan fingerprint density at radius 1 is 1.15 bits per heavy atom. The van der Waals surface area contributed by atoms with Gasteiger partial charge in [-0.25, -0.2) is 0 Å². The maximum atomic E-state index is 10.2. The summed E-state index contributed by atoms with van der Waals surface area (Å²) in [6.07, 6.45) is 6.91. The minimum Gasteiger partial charge on any atom is -0.387 e. The summed E-state index contributed by atoms with van der Waals surface area (Å²) in [6.45, 7) is 5.97. The minimum atomic E-state index is -0.409. The van der Waals surface area contributed by atoms with Crippen LogP contribution < -0.4 is 5.32 Å². The third kappa shape index (κ3) is 4.46. The molecule has 0 radical (unpaired) electrons. The van der Waals surface area contributed by atoms with Crippen LogP contribution in [0.3, 0.4) is 0 Å². The van der Waals surface area contributed by atoms with Crippen LogP contribution in [-0.2, 0) is 0 Å². The van der Waals surface area contributed by atoms with Crippen LogP contribution in [0.1, 0.15) is 62.7 Å². The zero-order valence-corrected chi connectivity index (χ0v) is 12.7. The standard InChI is InChI=1S/C18H27NO/c1-14(2)16-7-9-17(10-8-16)18(20)13-19-12-11-15-5-3-4-6-15/h5,7-10,14,18-20H,3-4,6,11-13H2,1-2H3. The number of hydrogen-bond acceptors (Lipinski definition) is 2. The molecule has 1 aliphatic rings. The fourth-order valence-corrected chi connectivity index (χ4v) is 2.67. The number of aliphatic hydroxyl groups is 1. The van der Waals surface area contributed by atoms with Crippen LogP contribution in [-0.4, -0.2) is 18.2 Å². The van der Waals surface area contributed by atoms with Crippen molar-refractivity contribution < 1.29 is 5.11 Å². The molecule has 0 bridgehead atoms. The van der Waals surface area contributed by atoms with Gasteiger partial charge < -0.3 is 10.4 Å². The fourth-order valence-electron chi connectivity index (χ4n) is 2.67. The number of hydrogen-bond donors (Lipinski definition) is 2. The quantitative estimate of drug-likeness (QED) is 0.582. The lowest BCUT2D eigenvalue weighted by Gasteiger charge is -2.14. The zero-order valence-electron chi connectivity index (χ0n) is 12.7. The molecule has 0 saturated carbocycles. The molecule has 1 unspecified atom stereocenters. The summed E-state index contributed by atoms with van der Waals surface area (Å²) in [6, 6.07) is 8.32. The molecule has 2 heteroatoms. The number of benzene rings is 1. The van der Waals surface area contributed by atoms with Gasteiger partial charge in [0.05, 0.1) is 6.10 Å². The fraction of sp³-hybridized carbons (Fsp3) is 0.556. The van der Waals surface area contributed by atoms with E-state index in [2.05, 4.69) is 37.4 Å². The van der Waals surface area contributed by atoms with Crippen molar-refractivity contribution >= 4 is 0 Å². The van der Waals surface area contributed by atoms with Crippen molar-refractivity contribution in [3.05, 3.63) is 47.0 Å². The smallest absolute Gasteiger partial charge is 0.0914 e. The molecule has 1 aromatic rings. The number of nitrogens with one attached hydrogen (secondary N) is 1. The second-order valence-corrected chi connectivity index (χ2v) is 6.05. The third-order valence-corrected chi connectivity index (χ3v) is 4.08. The van der Waals surface area contributed by atoms with E-state index in [1.54, 1.807) is 5.57 Å². The number of aliphatic hydroxyl groups excluding tert-OH is 1. The van der Waals surface area contributed by atoms with Gasteiger partial charge in [0.15, 0.2) is 0 Å². The summed E-state index contributed by atoms with van der Waals surface area (Å²) in [4.78, 5) is 0. The Labute approximate surface area is 122 Å². The lowest BCUT2D eigenvalue weighted by atomic mass is 10.00. The van der Waals surface area contributed by atoms with Gasteiger partial charge in [0.2, 0.25) is 0 Å². The van der Waals surface area contributed by atoms with Gasteiger partial charge >= 0.3 is 0 Å². The largest absolute Gasteiger partial charge is 0.387 e. The Balaban J connectivity index is 1.72. The molecule has 1 aliphatic carbocycles. The summed E-state index contributed by atoms with van der Waals surface area (Å²) in [7, 11) is 0. The topological polar surface area (TPSA) is 32.3 Å². The van der Waals surface area contributed by atoms with Crippen molar-refractivity contribution in [2.75, 3.05) is 13.1 Å². The van der Waals surface area contributed by atoms with E-state index in [1.165, 1.54) is 24.8 Å². The molecule has 2 N–H and O–H groups in total. The Kier molecular flexibility index (Phi) is 5.81. The lowest BCUT2D eigenvalue weighted by Crippen LogP contribution is -2.22. The average Bonchev–Trinajstić information content (AvgIpc) is 2.96. The Bertz CT molecular complexity index is 433. The number of allylic oxidation sites excluding steroid dienone is 1. The molecule has 0 spiro atoms. The van der Waals surface area contributed by atoms with Crippen LogP contribution in [0.2, 0.25) is 0 Å². The molecule has 2 nitrogen and oxygen atoms in total. The maximum Gasteiger partial charge on any atom is 0.0914 e. The Morgan fingerprint density at radius 3 is 2.45 bits per heavy atom. The lowest BCUT2D eigenvalue weighted by molar-refractivity contribution is 0.175. The first-order valence-corrected chi connectivity index (χ1v) is 7.83. The Morgan fingerprint density at radius 2 is 1.85 bits per heavy atom. The van der Waals surface area contributed by atoms with Gasteiger partial charge in [-0.2, -0.15) is 0 Å². The van der Waals surface area contributed by atoms with Crippen LogP contribution in [0, 0.1) is 0 Å². The van der Waals surface area contributed by atoms with E-state index in [4.69, 9.17) is 0 Å². The molecule has 0 aliphatic heterocycles.